The van der Waals surface area contributed by atoms with Crippen molar-refractivity contribution in [3.63, 3.8) is 0 Å². The molecule has 0 spiro atoms. The second-order valence-electron chi connectivity index (χ2n) is 5.55. The van der Waals surface area contributed by atoms with E-state index in [0.29, 0.717) is 6.54 Å². The van der Waals surface area contributed by atoms with Gasteiger partial charge in [0.25, 0.3) is 0 Å². The molecule has 1 atom stereocenters. The van der Waals surface area contributed by atoms with Gasteiger partial charge in [0.05, 0.1) is 11.6 Å². The van der Waals surface area contributed by atoms with Gasteiger partial charge in [-0.15, -0.1) is 0 Å². The summed E-state index contributed by atoms with van der Waals surface area (Å²) >= 11 is 0. The summed E-state index contributed by atoms with van der Waals surface area (Å²) in [4.78, 5) is 0. The Morgan fingerprint density at radius 2 is 2.06 bits per heavy atom. The topological polar surface area (TPSA) is 45.4 Å². The van der Waals surface area contributed by atoms with E-state index in [-0.39, 0.29) is 6.04 Å². The molecular weight excluding hydrogens is 226 g/mol. The first-order valence-corrected chi connectivity index (χ1v) is 7.17. The highest BCUT2D eigenvalue weighted by Crippen LogP contribution is 2.28. The number of aliphatic hydroxyl groups is 1. The summed E-state index contributed by atoms with van der Waals surface area (Å²) in [5.41, 5.74) is -0.507. The standard InChI is InChI=1S/C15H25NO2/c1-3-13-7-8-14(18-13)12(2)16-11-15(17)9-5-4-6-10-15/h7-8,12,16-17H,3-6,9-11H2,1-2H3. The van der Waals surface area contributed by atoms with E-state index >= 15 is 0 Å². The van der Waals surface area contributed by atoms with E-state index in [2.05, 4.69) is 19.2 Å². The molecule has 1 saturated carbocycles. The predicted molar refractivity (Wildman–Crippen MR) is 72.5 cm³/mol. The molecule has 0 bridgehead atoms. The highest BCUT2D eigenvalue weighted by atomic mass is 16.3. The van der Waals surface area contributed by atoms with Gasteiger partial charge in [0.2, 0.25) is 0 Å². The minimum atomic E-state index is -0.507. The van der Waals surface area contributed by atoms with Gasteiger partial charge in [0.15, 0.2) is 0 Å². The van der Waals surface area contributed by atoms with E-state index in [1.54, 1.807) is 0 Å². The van der Waals surface area contributed by atoms with Gasteiger partial charge >= 0.3 is 0 Å². The van der Waals surface area contributed by atoms with Gasteiger partial charge in [-0.25, -0.2) is 0 Å². The maximum Gasteiger partial charge on any atom is 0.120 e. The number of rotatable bonds is 5. The van der Waals surface area contributed by atoms with Crippen LogP contribution in [-0.2, 0) is 6.42 Å². The largest absolute Gasteiger partial charge is 0.464 e. The van der Waals surface area contributed by atoms with Crippen LogP contribution >= 0.6 is 0 Å². The molecule has 0 amide bonds. The monoisotopic (exact) mass is 251 g/mol. The molecule has 102 valence electrons. The molecule has 1 aromatic rings. The molecule has 3 heteroatoms. The number of furan rings is 1. The molecule has 3 nitrogen and oxygen atoms in total. The van der Waals surface area contributed by atoms with E-state index in [1.807, 2.05) is 12.1 Å². The molecule has 1 fully saturated rings. The number of nitrogens with one attached hydrogen (secondary N) is 1. The van der Waals surface area contributed by atoms with E-state index in [4.69, 9.17) is 4.42 Å². The van der Waals surface area contributed by atoms with E-state index in [1.165, 1.54) is 6.42 Å². The van der Waals surface area contributed by atoms with Gasteiger partial charge in [-0.2, -0.15) is 0 Å². The van der Waals surface area contributed by atoms with Crippen LogP contribution in [0.2, 0.25) is 0 Å². The minimum absolute atomic E-state index is 0.163. The fraction of sp³-hybridized carbons (Fsp3) is 0.733. The second-order valence-corrected chi connectivity index (χ2v) is 5.55. The molecule has 2 N–H and O–H groups in total. The van der Waals surface area contributed by atoms with Crippen LogP contribution in [0, 0.1) is 0 Å². The first-order chi connectivity index (χ1) is 8.63. The van der Waals surface area contributed by atoms with Crippen LogP contribution in [0.5, 0.6) is 0 Å². The third-order valence-electron chi connectivity index (χ3n) is 3.98. The summed E-state index contributed by atoms with van der Waals surface area (Å²) in [6, 6.07) is 4.22. The van der Waals surface area contributed by atoms with Crippen molar-refractivity contribution in [1.29, 1.82) is 0 Å². The Bertz CT molecular complexity index is 366. The van der Waals surface area contributed by atoms with E-state index in [0.717, 1.165) is 43.6 Å². The van der Waals surface area contributed by atoms with Crippen molar-refractivity contribution in [2.45, 2.75) is 64.0 Å². The molecular formula is C15H25NO2. The van der Waals surface area contributed by atoms with Crippen LogP contribution < -0.4 is 5.32 Å². The molecule has 0 aliphatic heterocycles. The van der Waals surface area contributed by atoms with Crippen LogP contribution in [0.25, 0.3) is 0 Å². The van der Waals surface area contributed by atoms with Crippen molar-refractivity contribution in [3.8, 4) is 0 Å². The fourth-order valence-corrected chi connectivity index (χ4v) is 2.65. The zero-order chi connectivity index (χ0) is 13.0. The van der Waals surface area contributed by atoms with Crippen LogP contribution in [0.4, 0.5) is 0 Å². The maximum atomic E-state index is 10.4. The minimum Gasteiger partial charge on any atom is -0.464 e. The molecule has 18 heavy (non-hydrogen) atoms. The lowest BCUT2D eigenvalue weighted by molar-refractivity contribution is 0.00253. The second kappa shape index (κ2) is 5.89. The van der Waals surface area contributed by atoms with Gasteiger partial charge in [-0.1, -0.05) is 26.2 Å². The van der Waals surface area contributed by atoms with Gasteiger partial charge in [0, 0.05) is 13.0 Å². The lowest BCUT2D eigenvalue weighted by Crippen LogP contribution is -2.42. The summed E-state index contributed by atoms with van der Waals surface area (Å²) in [6.07, 6.45) is 6.32. The first kappa shape index (κ1) is 13.6. The van der Waals surface area contributed by atoms with Gasteiger partial charge in [-0.3, -0.25) is 0 Å². The van der Waals surface area contributed by atoms with Gasteiger partial charge in [0.1, 0.15) is 11.5 Å². The summed E-state index contributed by atoms with van der Waals surface area (Å²) in [7, 11) is 0. The van der Waals surface area contributed by atoms with Gasteiger partial charge < -0.3 is 14.8 Å². The Morgan fingerprint density at radius 3 is 2.67 bits per heavy atom. The van der Waals surface area contributed by atoms with Crippen molar-refractivity contribution in [2.75, 3.05) is 6.54 Å². The van der Waals surface area contributed by atoms with E-state index in [9.17, 15) is 5.11 Å². The lowest BCUT2D eigenvalue weighted by Gasteiger charge is -2.33. The molecule has 1 aliphatic carbocycles. The Morgan fingerprint density at radius 1 is 1.33 bits per heavy atom. The van der Waals surface area contributed by atoms with Crippen molar-refractivity contribution in [3.05, 3.63) is 23.7 Å². The van der Waals surface area contributed by atoms with Crippen LogP contribution in [-0.4, -0.2) is 17.3 Å². The highest BCUT2D eigenvalue weighted by molar-refractivity contribution is 5.10. The van der Waals surface area contributed by atoms with Crippen LogP contribution in [0.15, 0.2) is 16.5 Å². The third-order valence-corrected chi connectivity index (χ3v) is 3.98. The first-order valence-electron chi connectivity index (χ1n) is 7.17. The lowest BCUT2D eigenvalue weighted by atomic mass is 9.85. The number of hydrogen-bond donors (Lipinski definition) is 2. The SMILES string of the molecule is CCc1ccc(C(C)NCC2(O)CCCCC2)o1. The van der Waals surface area contributed by atoms with E-state index < -0.39 is 5.60 Å². The summed E-state index contributed by atoms with van der Waals surface area (Å²) in [6.45, 7) is 4.84. The molecule has 1 aliphatic rings. The normalized spacial score (nSPS) is 20.8. The summed E-state index contributed by atoms with van der Waals surface area (Å²) in [5.74, 6) is 1.99. The summed E-state index contributed by atoms with van der Waals surface area (Å²) in [5, 5.41) is 13.8. The molecule has 1 aromatic heterocycles. The smallest absolute Gasteiger partial charge is 0.120 e. The fourth-order valence-electron chi connectivity index (χ4n) is 2.65. The maximum absolute atomic E-state index is 10.4. The molecule has 1 heterocycles. The average molecular weight is 251 g/mol. The molecule has 2 rings (SSSR count). The molecule has 0 aromatic carbocycles. The zero-order valence-electron chi connectivity index (χ0n) is 11.5. The Hall–Kier alpha value is -0.800. The van der Waals surface area contributed by atoms with Crippen LogP contribution in [0.1, 0.15) is 63.5 Å². The predicted octanol–water partition coefficient (Wildman–Crippen LogP) is 3.19. The van der Waals surface area contributed by atoms with Crippen LogP contribution in [0.3, 0.4) is 0 Å². The average Bonchev–Trinajstić information content (AvgIpc) is 2.86. The third kappa shape index (κ3) is 3.36. The number of hydrogen-bond acceptors (Lipinski definition) is 3. The highest BCUT2D eigenvalue weighted by Gasteiger charge is 2.29. The Kier molecular flexibility index (Phi) is 4.46. The zero-order valence-corrected chi connectivity index (χ0v) is 11.5. The number of aryl methyl sites for hydroxylation is 1. The van der Waals surface area contributed by atoms with Crippen molar-refractivity contribution in [1.82, 2.24) is 5.32 Å². The molecule has 1 unspecified atom stereocenters. The quantitative estimate of drug-likeness (QED) is 0.844. The van der Waals surface area contributed by atoms with Crippen molar-refractivity contribution in [2.24, 2.45) is 0 Å². The Balaban J connectivity index is 1.85. The van der Waals surface area contributed by atoms with Crippen molar-refractivity contribution >= 4 is 0 Å². The van der Waals surface area contributed by atoms with Gasteiger partial charge in [-0.05, 0) is 31.9 Å². The molecule has 0 radical (unpaired) electrons. The Labute approximate surface area is 110 Å². The molecule has 0 saturated heterocycles. The van der Waals surface area contributed by atoms with Crippen molar-refractivity contribution < 1.29 is 9.52 Å². The summed E-state index contributed by atoms with van der Waals surface area (Å²) < 4.78 is 5.72.